The average molecular weight is 302 g/mol. The van der Waals surface area contributed by atoms with Crippen LogP contribution in [-0.2, 0) is 9.53 Å². The Morgan fingerprint density at radius 1 is 1.36 bits per heavy atom. The van der Waals surface area contributed by atoms with E-state index in [0.29, 0.717) is 17.8 Å². The van der Waals surface area contributed by atoms with E-state index in [1.807, 2.05) is 6.07 Å². The molecule has 1 aliphatic rings. The third kappa shape index (κ3) is 2.82. The van der Waals surface area contributed by atoms with Gasteiger partial charge in [-0.15, -0.1) is 0 Å². The van der Waals surface area contributed by atoms with Crippen molar-refractivity contribution in [2.24, 2.45) is 0 Å². The Balaban J connectivity index is 1.80. The van der Waals surface area contributed by atoms with Crippen LogP contribution in [0.2, 0.25) is 0 Å². The molecule has 1 fully saturated rings. The van der Waals surface area contributed by atoms with Crippen molar-refractivity contribution in [2.45, 2.75) is 6.10 Å². The molecule has 0 saturated carbocycles. The fourth-order valence-electron chi connectivity index (χ4n) is 2.29. The number of hydrogen-bond acceptors (Lipinski definition) is 5. The van der Waals surface area contributed by atoms with Crippen LogP contribution in [0.4, 0.5) is 0 Å². The van der Waals surface area contributed by atoms with Gasteiger partial charge < -0.3 is 14.7 Å². The van der Waals surface area contributed by atoms with Gasteiger partial charge in [0.1, 0.15) is 12.7 Å². The van der Waals surface area contributed by atoms with Gasteiger partial charge in [0, 0.05) is 12.1 Å². The molecule has 1 amide bonds. The molecular weight excluding hydrogens is 288 g/mol. The number of aromatic nitrogens is 3. The lowest BCUT2D eigenvalue weighted by molar-refractivity contribution is -0.154. The molecule has 8 nitrogen and oxygen atoms in total. The maximum atomic E-state index is 12.5. The maximum absolute atomic E-state index is 12.5. The van der Waals surface area contributed by atoms with Gasteiger partial charge in [-0.25, -0.2) is 14.5 Å². The Kier molecular flexibility index (Phi) is 3.84. The fourth-order valence-corrected chi connectivity index (χ4v) is 2.29. The molecule has 0 unspecified atom stereocenters. The molecule has 22 heavy (non-hydrogen) atoms. The van der Waals surface area contributed by atoms with Crippen LogP contribution in [0.1, 0.15) is 10.4 Å². The number of nitrogens with zero attached hydrogens (tertiary/aromatic N) is 4. The van der Waals surface area contributed by atoms with E-state index in [1.54, 1.807) is 29.2 Å². The normalized spacial score (nSPS) is 18.2. The maximum Gasteiger partial charge on any atom is 0.334 e. The van der Waals surface area contributed by atoms with Crippen molar-refractivity contribution < 1.29 is 19.4 Å². The van der Waals surface area contributed by atoms with Gasteiger partial charge in [0.05, 0.1) is 18.8 Å². The zero-order valence-corrected chi connectivity index (χ0v) is 11.6. The van der Waals surface area contributed by atoms with Crippen molar-refractivity contribution in [1.82, 2.24) is 19.7 Å². The number of carboxylic acids is 1. The summed E-state index contributed by atoms with van der Waals surface area (Å²) in [4.78, 5) is 28.9. The minimum atomic E-state index is -1.06. The van der Waals surface area contributed by atoms with Gasteiger partial charge in [0.15, 0.2) is 6.10 Å². The van der Waals surface area contributed by atoms with E-state index in [1.165, 1.54) is 11.2 Å². The number of ether oxygens (including phenoxy) is 1. The monoisotopic (exact) mass is 302 g/mol. The van der Waals surface area contributed by atoms with Gasteiger partial charge in [0.2, 0.25) is 0 Å². The summed E-state index contributed by atoms with van der Waals surface area (Å²) in [6, 6.07) is 6.94. The number of morpholine rings is 1. The van der Waals surface area contributed by atoms with Crippen LogP contribution in [0.5, 0.6) is 0 Å². The molecule has 2 aromatic rings. The van der Waals surface area contributed by atoms with Crippen molar-refractivity contribution in [2.75, 3.05) is 19.7 Å². The molecule has 8 heteroatoms. The van der Waals surface area contributed by atoms with Gasteiger partial charge in [-0.3, -0.25) is 4.79 Å². The summed E-state index contributed by atoms with van der Waals surface area (Å²) in [5.41, 5.74) is 1.19. The number of benzene rings is 1. The summed E-state index contributed by atoms with van der Waals surface area (Å²) in [5.74, 6) is -1.29. The number of carbonyl (C=O) groups is 2. The summed E-state index contributed by atoms with van der Waals surface area (Å²) in [6.45, 7) is 0.628. The van der Waals surface area contributed by atoms with E-state index in [0.717, 1.165) is 0 Å². The van der Waals surface area contributed by atoms with Crippen LogP contribution >= 0.6 is 0 Å². The summed E-state index contributed by atoms with van der Waals surface area (Å²) < 4.78 is 6.67. The van der Waals surface area contributed by atoms with E-state index >= 15 is 0 Å². The molecule has 1 N–H and O–H groups in total. The van der Waals surface area contributed by atoms with Crippen LogP contribution in [0, 0.1) is 0 Å². The number of aliphatic carboxylic acids is 1. The first-order chi connectivity index (χ1) is 10.6. The zero-order valence-electron chi connectivity index (χ0n) is 11.6. The molecule has 114 valence electrons. The van der Waals surface area contributed by atoms with E-state index in [4.69, 9.17) is 9.84 Å². The van der Waals surface area contributed by atoms with Crippen LogP contribution in [0.3, 0.4) is 0 Å². The number of hydrogen-bond donors (Lipinski definition) is 1. The van der Waals surface area contributed by atoms with Crippen LogP contribution in [0.15, 0.2) is 36.9 Å². The molecule has 0 radical (unpaired) electrons. The summed E-state index contributed by atoms with van der Waals surface area (Å²) in [7, 11) is 0. The Labute approximate surface area is 125 Å². The summed E-state index contributed by atoms with van der Waals surface area (Å²) in [6.07, 6.45) is 1.98. The fraction of sp³-hybridized carbons (Fsp3) is 0.286. The summed E-state index contributed by atoms with van der Waals surface area (Å²) >= 11 is 0. The second kappa shape index (κ2) is 5.94. The predicted molar refractivity (Wildman–Crippen MR) is 74.6 cm³/mol. The smallest absolute Gasteiger partial charge is 0.334 e. The largest absolute Gasteiger partial charge is 0.479 e. The SMILES string of the molecule is O=C(O)[C@H]1CN(C(=O)c2cccc(-n3cncn3)c2)CCO1. The third-order valence-corrected chi connectivity index (χ3v) is 3.41. The van der Waals surface area contributed by atoms with Crippen molar-refractivity contribution in [3.8, 4) is 5.69 Å². The third-order valence-electron chi connectivity index (χ3n) is 3.41. The Morgan fingerprint density at radius 2 is 2.23 bits per heavy atom. The van der Waals surface area contributed by atoms with Gasteiger partial charge in [-0.2, -0.15) is 5.10 Å². The lowest BCUT2D eigenvalue weighted by atomic mass is 10.1. The Bertz CT molecular complexity index is 686. The highest BCUT2D eigenvalue weighted by molar-refractivity contribution is 5.95. The van der Waals surface area contributed by atoms with Gasteiger partial charge in [-0.05, 0) is 18.2 Å². The van der Waals surface area contributed by atoms with E-state index in [-0.39, 0.29) is 19.1 Å². The minimum Gasteiger partial charge on any atom is -0.479 e. The summed E-state index contributed by atoms with van der Waals surface area (Å²) in [5, 5.41) is 13.0. The predicted octanol–water partition coefficient (Wildman–Crippen LogP) is 0.193. The first kappa shape index (κ1) is 14.2. The van der Waals surface area contributed by atoms with Crippen LogP contribution in [0.25, 0.3) is 5.69 Å². The number of carboxylic acid groups (broad SMARTS) is 1. The number of rotatable bonds is 3. The molecule has 1 aromatic heterocycles. The van der Waals surface area contributed by atoms with E-state index in [2.05, 4.69) is 10.1 Å². The highest BCUT2D eigenvalue weighted by atomic mass is 16.5. The molecule has 0 aliphatic carbocycles. The number of carbonyl (C=O) groups excluding carboxylic acids is 1. The van der Waals surface area contributed by atoms with Crippen molar-refractivity contribution in [3.63, 3.8) is 0 Å². The zero-order chi connectivity index (χ0) is 15.5. The van der Waals surface area contributed by atoms with Crippen molar-refractivity contribution >= 4 is 11.9 Å². The molecule has 1 aromatic carbocycles. The number of amides is 1. The Morgan fingerprint density at radius 3 is 2.95 bits per heavy atom. The van der Waals surface area contributed by atoms with Gasteiger partial charge in [-0.1, -0.05) is 6.07 Å². The first-order valence-corrected chi connectivity index (χ1v) is 6.74. The molecule has 3 rings (SSSR count). The second-order valence-corrected chi connectivity index (χ2v) is 4.84. The average Bonchev–Trinajstić information content (AvgIpc) is 3.09. The van der Waals surface area contributed by atoms with Gasteiger partial charge >= 0.3 is 5.97 Å². The van der Waals surface area contributed by atoms with E-state index < -0.39 is 12.1 Å². The standard InChI is InChI=1S/C14H14N4O4/c19-13(17-4-5-22-12(7-17)14(20)21)10-2-1-3-11(6-10)18-9-15-8-16-18/h1-3,6,8-9,12H,4-5,7H2,(H,20,21)/t12-/m1/s1. The quantitative estimate of drug-likeness (QED) is 0.869. The topological polar surface area (TPSA) is 97.6 Å². The van der Waals surface area contributed by atoms with Crippen LogP contribution in [-0.4, -0.2) is 62.4 Å². The minimum absolute atomic E-state index is 0.0434. The first-order valence-electron chi connectivity index (χ1n) is 6.74. The van der Waals surface area contributed by atoms with Crippen LogP contribution < -0.4 is 0 Å². The molecular formula is C14H14N4O4. The lowest BCUT2D eigenvalue weighted by Crippen LogP contribution is -2.48. The molecule has 0 bridgehead atoms. The lowest BCUT2D eigenvalue weighted by Gasteiger charge is -2.31. The molecule has 2 heterocycles. The van der Waals surface area contributed by atoms with Gasteiger partial charge in [0.25, 0.3) is 5.91 Å². The molecule has 0 spiro atoms. The highest BCUT2D eigenvalue weighted by Gasteiger charge is 2.29. The Hall–Kier alpha value is -2.74. The van der Waals surface area contributed by atoms with Crippen molar-refractivity contribution in [3.05, 3.63) is 42.5 Å². The highest BCUT2D eigenvalue weighted by Crippen LogP contribution is 2.14. The molecule has 1 saturated heterocycles. The molecule has 1 aliphatic heterocycles. The van der Waals surface area contributed by atoms with E-state index in [9.17, 15) is 9.59 Å². The second-order valence-electron chi connectivity index (χ2n) is 4.84. The molecule has 1 atom stereocenters. The van der Waals surface area contributed by atoms with Crippen molar-refractivity contribution in [1.29, 1.82) is 0 Å².